The molecule has 0 radical (unpaired) electrons. The molecule has 2 unspecified atom stereocenters. The molecule has 1 aliphatic carbocycles. The monoisotopic (exact) mass is 340 g/mol. The maximum atomic E-state index is 12.0. The van der Waals surface area contributed by atoms with Gasteiger partial charge in [0.15, 0.2) is 0 Å². The van der Waals surface area contributed by atoms with E-state index in [4.69, 9.17) is 0 Å². The van der Waals surface area contributed by atoms with Crippen LogP contribution in [0.3, 0.4) is 0 Å². The Morgan fingerprint density at radius 3 is 2.65 bits per heavy atom. The van der Waals surface area contributed by atoms with Crippen LogP contribution in [-0.2, 0) is 4.79 Å². The largest absolute Gasteiger partial charge is 0.391 e. The summed E-state index contributed by atoms with van der Waals surface area (Å²) in [5.41, 5.74) is 0.788. The molecule has 0 saturated heterocycles. The molecule has 0 aromatic heterocycles. The Labute approximate surface area is 128 Å². The molecule has 0 bridgehead atoms. The third-order valence-electron chi connectivity index (χ3n) is 3.78. The Hall–Kier alpha value is -0.910. The number of amides is 1. The van der Waals surface area contributed by atoms with E-state index >= 15 is 0 Å². The number of nitrogens with one attached hydrogen (secondary N) is 1. The molecule has 4 nitrogen and oxygen atoms in total. The van der Waals surface area contributed by atoms with Crippen LogP contribution in [0.15, 0.2) is 28.7 Å². The van der Waals surface area contributed by atoms with Crippen molar-refractivity contribution >= 4 is 27.5 Å². The van der Waals surface area contributed by atoms with E-state index in [0.717, 1.165) is 35.8 Å². The van der Waals surface area contributed by atoms with Crippen LogP contribution in [0.5, 0.6) is 0 Å². The van der Waals surface area contributed by atoms with Gasteiger partial charge >= 0.3 is 0 Å². The smallest absolute Gasteiger partial charge is 0.238 e. The van der Waals surface area contributed by atoms with Gasteiger partial charge in [0.2, 0.25) is 5.91 Å². The zero-order chi connectivity index (χ0) is 14.5. The van der Waals surface area contributed by atoms with Gasteiger partial charge in [0.25, 0.3) is 0 Å². The third kappa shape index (κ3) is 4.30. The SMILES string of the molecule is CN(CC(=O)Nc1ccc(Br)cc1)C1CCCCC1O. The maximum Gasteiger partial charge on any atom is 0.238 e. The van der Waals surface area contributed by atoms with E-state index in [1.165, 1.54) is 0 Å². The first-order valence-electron chi connectivity index (χ1n) is 7.00. The number of aliphatic hydroxyl groups is 1. The number of halogens is 1. The molecule has 0 aliphatic heterocycles. The third-order valence-corrected chi connectivity index (χ3v) is 4.31. The number of carbonyl (C=O) groups excluding carboxylic acids is 1. The van der Waals surface area contributed by atoms with Crippen molar-refractivity contribution in [1.82, 2.24) is 4.90 Å². The zero-order valence-electron chi connectivity index (χ0n) is 11.7. The molecular formula is C15H21BrN2O2. The second kappa shape index (κ2) is 7.20. The minimum absolute atomic E-state index is 0.0485. The molecule has 2 rings (SSSR count). The first-order valence-corrected chi connectivity index (χ1v) is 7.79. The van der Waals surface area contributed by atoms with Crippen molar-refractivity contribution in [1.29, 1.82) is 0 Å². The highest BCUT2D eigenvalue weighted by Gasteiger charge is 2.27. The Morgan fingerprint density at radius 1 is 1.35 bits per heavy atom. The van der Waals surface area contributed by atoms with Gasteiger partial charge in [0, 0.05) is 16.2 Å². The van der Waals surface area contributed by atoms with Crippen LogP contribution in [0, 0.1) is 0 Å². The molecule has 1 amide bonds. The lowest BCUT2D eigenvalue weighted by atomic mass is 9.91. The Balaban J connectivity index is 1.85. The summed E-state index contributed by atoms with van der Waals surface area (Å²) in [5, 5.41) is 12.9. The van der Waals surface area contributed by atoms with E-state index in [0.29, 0.717) is 6.54 Å². The summed E-state index contributed by atoms with van der Waals surface area (Å²) in [4.78, 5) is 14.0. The highest BCUT2D eigenvalue weighted by atomic mass is 79.9. The molecule has 20 heavy (non-hydrogen) atoms. The van der Waals surface area contributed by atoms with Gasteiger partial charge in [-0.2, -0.15) is 0 Å². The predicted octanol–water partition coefficient (Wildman–Crippen LogP) is 2.62. The van der Waals surface area contributed by atoms with Gasteiger partial charge in [-0.3, -0.25) is 9.69 Å². The highest BCUT2D eigenvalue weighted by molar-refractivity contribution is 9.10. The fourth-order valence-electron chi connectivity index (χ4n) is 2.68. The summed E-state index contributed by atoms with van der Waals surface area (Å²) in [7, 11) is 1.90. The van der Waals surface area contributed by atoms with Gasteiger partial charge in [0.1, 0.15) is 0 Å². The average Bonchev–Trinajstić information content (AvgIpc) is 2.41. The molecular weight excluding hydrogens is 320 g/mol. The summed E-state index contributed by atoms with van der Waals surface area (Å²) >= 11 is 3.36. The summed E-state index contributed by atoms with van der Waals surface area (Å²) in [6.45, 7) is 0.303. The minimum Gasteiger partial charge on any atom is -0.391 e. The Kier molecular flexibility index (Phi) is 5.57. The second-order valence-corrected chi connectivity index (χ2v) is 6.31. The quantitative estimate of drug-likeness (QED) is 0.885. The molecule has 2 N–H and O–H groups in total. The number of hydrogen-bond acceptors (Lipinski definition) is 3. The van der Waals surface area contributed by atoms with Gasteiger partial charge in [-0.25, -0.2) is 0 Å². The van der Waals surface area contributed by atoms with Crippen molar-refractivity contribution in [3.63, 3.8) is 0 Å². The average molecular weight is 341 g/mol. The number of likely N-dealkylation sites (N-methyl/N-ethyl adjacent to an activating group) is 1. The number of aliphatic hydroxyl groups excluding tert-OH is 1. The number of benzene rings is 1. The van der Waals surface area contributed by atoms with E-state index in [1.807, 2.05) is 36.2 Å². The topological polar surface area (TPSA) is 52.6 Å². The Morgan fingerprint density at radius 2 is 2.00 bits per heavy atom. The summed E-state index contributed by atoms with van der Waals surface area (Å²) < 4.78 is 0.984. The van der Waals surface area contributed by atoms with E-state index in [1.54, 1.807) is 0 Å². The van der Waals surface area contributed by atoms with Crippen LogP contribution < -0.4 is 5.32 Å². The highest BCUT2D eigenvalue weighted by Crippen LogP contribution is 2.22. The van der Waals surface area contributed by atoms with Crippen LogP contribution in [0.25, 0.3) is 0 Å². The van der Waals surface area contributed by atoms with Crippen molar-refractivity contribution in [2.24, 2.45) is 0 Å². The second-order valence-electron chi connectivity index (χ2n) is 5.39. The van der Waals surface area contributed by atoms with Crippen molar-refractivity contribution < 1.29 is 9.90 Å². The minimum atomic E-state index is -0.311. The maximum absolute atomic E-state index is 12.0. The van der Waals surface area contributed by atoms with E-state index in [2.05, 4.69) is 21.2 Å². The molecule has 1 aliphatic rings. The lowest BCUT2D eigenvalue weighted by Gasteiger charge is -2.34. The fraction of sp³-hybridized carbons (Fsp3) is 0.533. The van der Waals surface area contributed by atoms with Crippen LogP contribution >= 0.6 is 15.9 Å². The lowest BCUT2D eigenvalue weighted by Crippen LogP contribution is -2.46. The van der Waals surface area contributed by atoms with Crippen LogP contribution in [-0.4, -0.2) is 41.7 Å². The summed E-state index contributed by atoms with van der Waals surface area (Å²) in [6.07, 6.45) is 3.69. The van der Waals surface area contributed by atoms with Crippen LogP contribution in [0.4, 0.5) is 5.69 Å². The number of nitrogens with zero attached hydrogens (tertiary/aromatic N) is 1. The van der Waals surface area contributed by atoms with Crippen LogP contribution in [0.1, 0.15) is 25.7 Å². The van der Waals surface area contributed by atoms with Crippen molar-refractivity contribution in [2.75, 3.05) is 18.9 Å². The predicted molar refractivity (Wildman–Crippen MR) is 83.7 cm³/mol. The van der Waals surface area contributed by atoms with Gasteiger partial charge in [-0.15, -0.1) is 0 Å². The molecule has 5 heteroatoms. The number of anilines is 1. The number of hydrogen-bond donors (Lipinski definition) is 2. The van der Waals surface area contributed by atoms with Gasteiger partial charge < -0.3 is 10.4 Å². The lowest BCUT2D eigenvalue weighted by molar-refractivity contribution is -0.118. The first-order chi connectivity index (χ1) is 9.56. The molecule has 110 valence electrons. The fourth-order valence-corrected chi connectivity index (χ4v) is 2.95. The van der Waals surface area contributed by atoms with E-state index in [-0.39, 0.29) is 18.1 Å². The molecule has 0 heterocycles. The van der Waals surface area contributed by atoms with Gasteiger partial charge in [-0.1, -0.05) is 28.8 Å². The Bertz CT molecular complexity index is 450. The van der Waals surface area contributed by atoms with Gasteiger partial charge in [-0.05, 0) is 44.2 Å². The number of rotatable bonds is 4. The molecule has 2 atom stereocenters. The van der Waals surface area contributed by atoms with Crippen molar-refractivity contribution in [3.05, 3.63) is 28.7 Å². The van der Waals surface area contributed by atoms with Crippen molar-refractivity contribution in [2.45, 2.75) is 37.8 Å². The van der Waals surface area contributed by atoms with E-state index < -0.39 is 0 Å². The first kappa shape index (κ1) is 15.5. The zero-order valence-corrected chi connectivity index (χ0v) is 13.3. The molecule has 1 saturated carbocycles. The van der Waals surface area contributed by atoms with Gasteiger partial charge in [0.05, 0.1) is 12.6 Å². The molecule has 1 aromatic carbocycles. The van der Waals surface area contributed by atoms with Crippen molar-refractivity contribution in [3.8, 4) is 0 Å². The number of carbonyl (C=O) groups is 1. The normalized spacial score (nSPS) is 22.8. The summed E-state index contributed by atoms with van der Waals surface area (Å²) in [6, 6.07) is 7.60. The molecule has 1 aromatic rings. The van der Waals surface area contributed by atoms with Crippen LogP contribution in [0.2, 0.25) is 0 Å². The summed E-state index contributed by atoms with van der Waals surface area (Å²) in [5.74, 6) is -0.0485. The standard InChI is InChI=1S/C15H21BrN2O2/c1-18(13-4-2-3-5-14(13)19)10-15(20)17-12-8-6-11(16)7-9-12/h6-9,13-14,19H,2-5,10H2,1H3,(H,17,20). The molecule has 0 spiro atoms. The van der Waals surface area contributed by atoms with E-state index in [9.17, 15) is 9.90 Å². The molecule has 1 fully saturated rings.